The molecule has 0 unspecified atom stereocenters. The lowest BCUT2D eigenvalue weighted by molar-refractivity contribution is 0.585. The molecule has 0 saturated carbocycles. The van der Waals surface area contributed by atoms with Crippen LogP contribution in [-0.4, -0.2) is 18.1 Å². The highest BCUT2D eigenvalue weighted by atomic mass is 35.5. The highest BCUT2D eigenvalue weighted by Gasteiger charge is 2.17. The van der Waals surface area contributed by atoms with E-state index in [1.54, 1.807) is 0 Å². The molecule has 0 bridgehead atoms. The molecule has 1 aromatic carbocycles. The molecule has 3 rings (SSSR count). The molecule has 3 nitrogen and oxygen atoms in total. The highest BCUT2D eigenvalue weighted by molar-refractivity contribution is 6.31. The maximum Gasteiger partial charge on any atom is 0.298 e. The molecule has 1 saturated heterocycles. The molecule has 2 aromatic rings. The molecule has 1 aliphatic rings. The lowest BCUT2D eigenvalue weighted by Gasteiger charge is -2.10. The van der Waals surface area contributed by atoms with E-state index in [2.05, 4.69) is 9.88 Å². The van der Waals surface area contributed by atoms with Gasteiger partial charge >= 0.3 is 0 Å². The molecular formula is C11H11ClN2O. The summed E-state index contributed by atoms with van der Waals surface area (Å²) in [6, 6.07) is 6.25. The number of rotatable bonds is 1. The van der Waals surface area contributed by atoms with Gasteiger partial charge in [0.15, 0.2) is 5.58 Å². The van der Waals surface area contributed by atoms with Gasteiger partial charge in [0.05, 0.1) is 0 Å². The number of benzene rings is 1. The first kappa shape index (κ1) is 9.04. The van der Waals surface area contributed by atoms with E-state index < -0.39 is 0 Å². The van der Waals surface area contributed by atoms with Gasteiger partial charge in [-0.1, -0.05) is 11.6 Å². The Labute approximate surface area is 92.6 Å². The van der Waals surface area contributed by atoms with Crippen LogP contribution < -0.4 is 4.90 Å². The average molecular weight is 223 g/mol. The minimum atomic E-state index is 0.698. The first-order valence-electron chi connectivity index (χ1n) is 5.14. The zero-order valence-electron chi connectivity index (χ0n) is 8.24. The average Bonchev–Trinajstić information content (AvgIpc) is 2.84. The molecule has 0 atom stereocenters. The zero-order valence-corrected chi connectivity index (χ0v) is 9.00. The molecule has 0 N–H and O–H groups in total. The Kier molecular flexibility index (Phi) is 2.06. The lowest BCUT2D eigenvalue weighted by atomic mass is 10.3. The third kappa shape index (κ3) is 1.57. The van der Waals surface area contributed by atoms with Crippen molar-refractivity contribution in [2.45, 2.75) is 12.8 Å². The maximum atomic E-state index is 5.89. The van der Waals surface area contributed by atoms with Crippen LogP contribution in [0.2, 0.25) is 5.02 Å². The van der Waals surface area contributed by atoms with Crippen LogP contribution in [0, 0.1) is 0 Å². The molecule has 4 heteroatoms. The van der Waals surface area contributed by atoms with Crippen LogP contribution in [0.15, 0.2) is 22.6 Å². The first-order chi connectivity index (χ1) is 7.33. The van der Waals surface area contributed by atoms with Gasteiger partial charge in [-0.3, -0.25) is 0 Å². The van der Waals surface area contributed by atoms with E-state index in [0.29, 0.717) is 5.02 Å². The third-order valence-electron chi connectivity index (χ3n) is 2.71. The minimum Gasteiger partial charge on any atom is -0.423 e. The summed E-state index contributed by atoms with van der Waals surface area (Å²) in [5, 5.41) is 0.698. The molecule has 1 aliphatic heterocycles. The van der Waals surface area contributed by atoms with E-state index in [1.165, 1.54) is 12.8 Å². The van der Waals surface area contributed by atoms with Gasteiger partial charge in [-0.15, -0.1) is 0 Å². The second-order valence-electron chi connectivity index (χ2n) is 3.80. The Morgan fingerprint density at radius 3 is 2.87 bits per heavy atom. The van der Waals surface area contributed by atoms with E-state index >= 15 is 0 Å². The van der Waals surface area contributed by atoms with Crippen LogP contribution in [0.3, 0.4) is 0 Å². The van der Waals surface area contributed by atoms with Crippen LogP contribution in [0.1, 0.15) is 12.8 Å². The van der Waals surface area contributed by atoms with Crippen LogP contribution in [0.25, 0.3) is 11.1 Å². The maximum absolute atomic E-state index is 5.89. The fraction of sp³-hybridized carbons (Fsp3) is 0.364. The Hall–Kier alpha value is -1.22. The quantitative estimate of drug-likeness (QED) is 0.743. The van der Waals surface area contributed by atoms with Crippen molar-refractivity contribution in [3.8, 4) is 0 Å². The Bertz CT molecular complexity index is 488. The molecule has 0 radical (unpaired) electrons. The van der Waals surface area contributed by atoms with E-state index in [4.69, 9.17) is 16.0 Å². The van der Waals surface area contributed by atoms with Gasteiger partial charge in [-0.2, -0.15) is 4.98 Å². The summed E-state index contributed by atoms with van der Waals surface area (Å²) in [7, 11) is 0. The number of aromatic nitrogens is 1. The van der Waals surface area contributed by atoms with Crippen molar-refractivity contribution in [2.75, 3.05) is 18.0 Å². The molecule has 15 heavy (non-hydrogen) atoms. The molecule has 1 aromatic heterocycles. The minimum absolute atomic E-state index is 0.698. The van der Waals surface area contributed by atoms with Crippen molar-refractivity contribution in [1.29, 1.82) is 0 Å². The normalized spacial score (nSPS) is 16.5. The van der Waals surface area contributed by atoms with Crippen LogP contribution >= 0.6 is 11.6 Å². The molecule has 2 heterocycles. The number of oxazole rings is 1. The van der Waals surface area contributed by atoms with Gasteiger partial charge in [0.1, 0.15) is 5.52 Å². The molecule has 0 aliphatic carbocycles. The molecule has 78 valence electrons. The number of halogens is 1. The van der Waals surface area contributed by atoms with Crippen LogP contribution in [-0.2, 0) is 0 Å². The van der Waals surface area contributed by atoms with E-state index in [-0.39, 0.29) is 0 Å². The summed E-state index contributed by atoms with van der Waals surface area (Å²) < 4.78 is 5.66. The highest BCUT2D eigenvalue weighted by Crippen LogP contribution is 2.26. The standard InChI is InChI=1S/C11H11ClN2O/c12-8-3-4-10-9(7-8)13-11(15-10)14-5-1-2-6-14/h3-4,7H,1-2,5-6H2. The molecule has 1 fully saturated rings. The summed E-state index contributed by atoms with van der Waals surface area (Å²) >= 11 is 5.89. The fourth-order valence-electron chi connectivity index (χ4n) is 1.93. The summed E-state index contributed by atoms with van der Waals surface area (Å²) in [5.41, 5.74) is 1.64. The Morgan fingerprint density at radius 1 is 1.27 bits per heavy atom. The molecular weight excluding hydrogens is 212 g/mol. The van der Waals surface area contributed by atoms with Gasteiger partial charge in [0.25, 0.3) is 6.01 Å². The fourth-order valence-corrected chi connectivity index (χ4v) is 2.10. The second-order valence-corrected chi connectivity index (χ2v) is 4.24. The Balaban J connectivity index is 2.05. The Morgan fingerprint density at radius 2 is 2.07 bits per heavy atom. The van der Waals surface area contributed by atoms with Crippen LogP contribution in [0.4, 0.5) is 6.01 Å². The predicted molar refractivity (Wildman–Crippen MR) is 60.5 cm³/mol. The number of hydrogen-bond donors (Lipinski definition) is 0. The summed E-state index contributed by atoms with van der Waals surface area (Å²) in [4.78, 5) is 6.60. The number of anilines is 1. The number of hydrogen-bond acceptors (Lipinski definition) is 3. The number of nitrogens with zero attached hydrogens (tertiary/aromatic N) is 2. The smallest absolute Gasteiger partial charge is 0.298 e. The molecule has 0 spiro atoms. The van der Waals surface area contributed by atoms with Gasteiger partial charge in [-0.05, 0) is 31.0 Å². The van der Waals surface area contributed by atoms with E-state index in [9.17, 15) is 0 Å². The third-order valence-corrected chi connectivity index (χ3v) is 2.95. The van der Waals surface area contributed by atoms with Crippen molar-refractivity contribution in [2.24, 2.45) is 0 Å². The van der Waals surface area contributed by atoms with Gasteiger partial charge in [0, 0.05) is 18.1 Å². The van der Waals surface area contributed by atoms with Crippen molar-refractivity contribution in [3.05, 3.63) is 23.2 Å². The zero-order chi connectivity index (χ0) is 10.3. The van der Waals surface area contributed by atoms with Crippen LogP contribution in [0.5, 0.6) is 0 Å². The van der Waals surface area contributed by atoms with Gasteiger partial charge in [0.2, 0.25) is 0 Å². The van der Waals surface area contributed by atoms with Gasteiger partial charge < -0.3 is 9.32 Å². The second kappa shape index (κ2) is 3.42. The first-order valence-corrected chi connectivity index (χ1v) is 5.52. The van der Waals surface area contributed by atoms with Gasteiger partial charge in [-0.25, -0.2) is 0 Å². The van der Waals surface area contributed by atoms with Crippen molar-refractivity contribution in [3.63, 3.8) is 0 Å². The number of fused-ring (bicyclic) bond motifs is 1. The largest absolute Gasteiger partial charge is 0.423 e. The van der Waals surface area contributed by atoms with Crippen molar-refractivity contribution in [1.82, 2.24) is 4.98 Å². The van der Waals surface area contributed by atoms with E-state index in [1.807, 2.05) is 18.2 Å². The topological polar surface area (TPSA) is 29.3 Å². The van der Waals surface area contributed by atoms with E-state index in [0.717, 1.165) is 30.2 Å². The summed E-state index contributed by atoms with van der Waals surface area (Å²) in [5.74, 6) is 0. The summed E-state index contributed by atoms with van der Waals surface area (Å²) in [6.45, 7) is 2.08. The SMILES string of the molecule is Clc1ccc2oc(N3CCCC3)nc2c1. The van der Waals surface area contributed by atoms with Crippen molar-refractivity contribution >= 4 is 28.7 Å². The molecule has 0 amide bonds. The monoisotopic (exact) mass is 222 g/mol. The lowest BCUT2D eigenvalue weighted by Crippen LogP contribution is -2.17. The predicted octanol–water partition coefficient (Wildman–Crippen LogP) is 3.08. The summed E-state index contributed by atoms with van der Waals surface area (Å²) in [6.07, 6.45) is 2.44. The van der Waals surface area contributed by atoms with Crippen molar-refractivity contribution < 1.29 is 4.42 Å².